The van der Waals surface area contributed by atoms with E-state index in [1.165, 1.54) is 22.9 Å². The van der Waals surface area contributed by atoms with E-state index >= 15 is 0 Å². The highest BCUT2D eigenvalue weighted by Gasteiger charge is 2.27. The fourth-order valence-corrected chi connectivity index (χ4v) is 3.58. The average Bonchev–Trinajstić information content (AvgIpc) is 3.17. The van der Waals surface area contributed by atoms with Gasteiger partial charge in [-0.1, -0.05) is 19.9 Å². The number of carbonyl (C=O) groups is 1. The first-order valence-corrected chi connectivity index (χ1v) is 8.62. The third-order valence-corrected chi connectivity index (χ3v) is 5.23. The van der Waals surface area contributed by atoms with Crippen molar-refractivity contribution in [3.63, 3.8) is 0 Å². The van der Waals surface area contributed by atoms with Crippen LogP contribution in [0.25, 0.3) is 11.5 Å². The van der Waals surface area contributed by atoms with Crippen LogP contribution in [0.2, 0.25) is 0 Å². The minimum atomic E-state index is -1.04. The van der Waals surface area contributed by atoms with Gasteiger partial charge in [-0.3, -0.25) is 4.57 Å². The van der Waals surface area contributed by atoms with Crippen molar-refractivity contribution in [2.45, 2.75) is 47.0 Å². The summed E-state index contributed by atoms with van der Waals surface area (Å²) in [5.41, 5.74) is 4.88. The Bertz CT molecular complexity index is 792. The average molecular weight is 327 g/mol. The number of furan rings is 1. The third-order valence-electron chi connectivity index (χ3n) is 5.23. The van der Waals surface area contributed by atoms with Crippen molar-refractivity contribution >= 4 is 11.5 Å². The van der Waals surface area contributed by atoms with Crippen molar-refractivity contribution in [2.75, 3.05) is 0 Å². The van der Waals surface area contributed by atoms with E-state index in [1.54, 1.807) is 6.07 Å². The molecule has 1 unspecified atom stereocenters. The highest BCUT2D eigenvalue weighted by atomic mass is 16.4. The number of nitrogens with zero attached hydrogens (tertiary/aromatic N) is 1. The first-order chi connectivity index (χ1) is 11.4. The van der Waals surface area contributed by atoms with Gasteiger partial charge in [0.05, 0.1) is 5.69 Å². The molecule has 128 valence electrons. The van der Waals surface area contributed by atoms with E-state index in [-0.39, 0.29) is 5.76 Å². The Kier molecular flexibility index (Phi) is 4.39. The molecule has 2 aromatic rings. The lowest BCUT2D eigenvalue weighted by atomic mass is 9.81. The number of hydrogen-bond donors (Lipinski definition) is 1. The van der Waals surface area contributed by atoms with Gasteiger partial charge in [0.2, 0.25) is 11.6 Å². The van der Waals surface area contributed by atoms with E-state index in [4.69, 9.17) is 9.52 Å². The van der Waals surface area contributed by atoms with Crippen LogP contribution < -0.4 is 0 Å². The van der Waals surface area contributed by atoms with Gasteiger partial charge < -0.3 is 9.52 Å². The molecule has 0 amide bonds. The molecule has 0 saturated heterocycles. The number of carboxylic acids is 1. The van der Waals surface area contributed by atoms with E-state index in [0.29, 0.717) is 17.7 Å². The fourth-order valence-electron chi connectivity index (χ4n) is 3.58. The molecule has 0 aromatic carbocycles. The number of aromatic nitrogens is 1. The number of aromatic carboxylic acids is 1. The molecule has 0 radical (unpaired) electrons. The third kappa shape index (κ3) is 2.81. The van der Waals surface area contributed by atoms with E-state index in [0.717, 1.165) is 25.0 Å². The molecule has 0 fully saturated rings. The molecule has 0 saturated carbocycles. The Morgan fingerprint density at radius 1 is 1.42 bits per heavy atom. The maximum Gasteiger partial charge on any atom is 0.371 e. The molecule has 1 aliphatic carbocycles. The van der Waals surface area contributed by atoms with Crippen LogP contribution in [0.3, 0.4) is 0 Å². The minimum absolute atomic E-state index is 0.0209. The van der Waals surface area contributed by atoms with Crippen LogP contribution in [0.15, 0.2) is 28.7 Å². The lowest BCUT2D eigenvalue weighted by Gasteiger charge is -2.26. The molecule has 0 aliphatic heterocycles. The lowest BCUT2D eigenvalue weighted by molar-refractivity contribution is 0.0662. The van der Waals surface area contributed by atoms with Gasteiger partial charge in [0.15, 0.2) is 0 Å². The topological polar surface area (TPSA) is 55.4 Å². The number of carboxylic acid groups (broad SMARTS) is 1. The number of allylic oxidation sites excluding steroid dienone is 2. The Hall–Kier alpha value is -2.23. The lowest BCUT2D eigenvalue weighted by Crippen LogP contribution is -2.19. The van der Waals surface area contributed by atoms with Crippen LogP contribution in [0.5, 0.6) is 0 Å². The summed E-state index contributed by atoms with van der Waals surface area (Å²) >= 11 is 0. The molecule has 0 bridgehead atoms. The fraction of sp³-hybridized carbons (Fsp3) is 0.450. The number of rotatable bonds is 4. The van der Waals surface area contributed by atoms with Crippen LogP contribution in [0.1, 0.15) is 61.6 Å². The summed E-state index contributed by atoms with van der Waals surface area (Å²) in [7, 11) is 0. The van der Waals surface area contributed by atoms with Crippen molar-refractivity contribution in [1.82, 2.24) is 4.57 Å². The van der Waals surface area contributed by atoms with Crippen LogP contribution >= 0.6 is 0 Å². The number of hydrogen-bond acceptors (Lipinski definition) is 2. The SMILES string of the molecule is C/C=C(\C)c1cc2c(n1-c1ccc(C(=O)O)o1)CCC(C(C)C)C2. The van der Waals surface area contributed by atoms with Crippen molar-refractivity contribution < 1.29 is 14.3 Å². The van der Waals surface area contributed by atoms with Crippen LogP contribution in [0.4, 0.5) is 0 Å². The highest BCUT2D eigenvalue weighted by molar-refractivity contribution is 5.84. The van der Waals surface area contributed by atoms with Crippen LogP contribution in [-0.4, -0.2) is 15.6 Å². The van der Waals surface area contributed by atoms with E-state index in [1.807, 2.05) is 6.92 Å². The maximum absolute atomic E-state index is 11.2. The summed E-state index contributed by atoms with van der Waals surface area (Å²) in [6.07, 6.45) is 5.32. The Labute approximate surface area is 142 Å². The van der Waals surface area contributed by atoms with Gasteiger partial charge in [0, 0.05) is 11.8 Å². The highest BCUT2D eigenvalue weighted by Crippen LogP contribution is 2.36. The summed E-state index contributed by atoms with van der Waals surface area (Å²) in [5.74, 6) is 0.917. The van der Waals surface area contributed by atoms with E-state index in [2.05, 4.69) is 37.5 Å². The Morgan fingerprint density at radius 2 is 2.17 bits per heavy atom. The standard InChI is InChI=1S/C20H25NO3/c1-5-13(4)17-11-15-10-14(12(2)3)6-7-16(15)21(17)19-9-8-18(24-19)20(22)23/h5,8-9,11-12,14H,6-7,10H2,1-4H3,(H,22,23)/b13-5+. The van der Waals surface area contributed by atoms with Crippen molar-refractivity contribution in [2.24, 2.45) is 11.8 Å². The summed E-state index contributed by atoms with van der Waals surface area (Å²) in [6.45, 7) is 8.68. The molecule has 4 nitrogen and oxygen atoms in total. The molecule has 1 N–H and O–H groups in total. The zero-order valence-corrected chi connectivity index (χ0v) is 14.8. The van der Waals surface area contributed by atoms with Gasteiger partial charge in [-0.05, 0) is 68.2 Å². The van der Waals surface area contributed by atoms with E-state index < -0.39 is 5.97 Å². The largest absolute Gasteiger partial charge is 0.475 e. The van der Waals surface area contributed by atoms with Crippen LogP contribution in [-0.2, 0) is 12.8 Å². The summed E-state index contributed by atoms with van der Waals surface area (Å²) in [4.78, 5) is 11.2. The van der Waals surface area contributed by atoms with E-state index in [9.17, 15) is 4.79 Å². The molecule has 0 spiro atoms. The summed E-state index contributed by atoms with van der Waals surface area (Å²) in [6, 6.07) is 5.53. The second-order valence-corrected chi connectivity index (χ2v) is 7.00. The van der Waals surface area contributed by atoms with Gasteiger partial charge >= 0.3 is 5.97 Å². The minimum Gasteiger partial charge on any atom is -0.475 e. The van der Waals surface area contributed by atoms with Gasteiger partial charge in [0.1, 0.15) is 0 Å². The molecule has 3 rings (SSSR count). The molecule has 1 aliphatic rings. The van der Waals surface area contributed by atoms with Gasteiger partial charge in [0.25, 0.3) is 0 Å². The normalized spacial score (nSPS) is 18.0. The molecular formula is C20H25NO3. The second-order valence-electron chi connectivity index (χ2n) is 7.00. The van der Waals surface area contributed by atoms with Crippen molar-refractivity contribution in [3.05, 3.63) is 47.0 Å². The summed E-state index contributed by atoms with van der Waals surface area (Å²) < 4.78 is 7.71. The van der Waals surface area contributed by atoms with Crippen molar-refractivity contribution in [3.8, 4) is 5.88 Å². The molecule has 2 aromatic heterocycles. The zero-order valence-electron chi connectivity index (χ0n) is 14.8. The quantitative estimate of drug-likeness (QED) is 0.864. The van der Waals surface area contributed by atoms with Gasteiger partial charge in [-0.25, -0.2) is 4.79 Å². The predicted molar refractivity (Wildman–Crippen MR) is 94.7 cm³/mol. The van der Waals surface area contributed by atoms with Gasteiger partial charge in [-0.2, -0.15) is 0 Å². The first-order valence-electron chi connectivity index (χ1n) is 8.62. The molecule has 24 heavy (non-hydrogen) atoms. The molecule has 4 heteroatoms. The molecule has 1 atom stereocenters. The smallest absolute Gasteiger partial charge is 0.371 e. The molecular weight excluding hydrogens is 302 g/mol. The second kappa shape index (κ2) is 6.34. The first kappa shape index (κ1) is 16.6. The van der Waals surface area contributed by atoms with Gasteiger partial charge in [-0.15, -0.1) is 0 Å². The predicted octanol–water partition coefficient (Wildman–Crippen LogP) is 4.95. The van der Waals surface area contributed by atoms with Crippen LogP contribution in [0, 0.1) is 11.8 Å². The molecule has 2 heterocycles. The summed E-state index contributed by atoms with van der Waals surface area (Å²) in [5, 5.41) is 9.14. The Morgan fingerprint density at radius 3 is 2.75 bits per heavy atom. The zero-order chi connectivity index (χ0) is 17.4. The number of fused-ring (bicyclic) bond motifs is 1. The van der Waals surface area contributed by atoms with Crippen molar-refractivity contribution in [1.29, 1.82) is 0 Å². The Balaban J connectivity index is 2.12. The monoisotopic (exact) mass is 327 g/mol. The maximum atomic E-state index is 11.2.